The number of fused-ring (bicyclic) bond motifs is 1. The van der Waals surface area contributed by atoms with Gasteiger partial charge in [0.1, 0.15) is 5.82 Å². The Hall–Kier alpha value is -3.22. The maximum absolute atomic E-state index is 13.2. The van der Waals surface area contributed by atoms with E-state index >= 15 is 0 Å². The van der Waals surface area contributed by atoms with Crippen molar-refractivity contribution in [3.05, 3.63) is 53.9 Å². The highest BCUT2D eigenvalue weighted by Gasteiger charge is 2.22. The molecule has 3 heterocycles. The summed E-state index contributed by atoms with van der Waals surface area (Å²) < 4.78 is 0. The van der Waals surface area contributed by atoms with Crippen LogP contribution in [0.3, 0.4) is 0 Å². The molecule has 1 aromatic carbocycles. The van der Waals surface area contributed by atoms with E-state index in [0.29, 0.717) is 25.2 Å². The molecule has 27 heavy (non-hydrogen) atoms. The van der Waals surface area contributed by atoms with Crippen LogP contribution >= 0.6 is 0 Å². The summed E-state index contributed by atoms with van der Waals surface area (Å²) in [7, 11) is 0. The van der Waals surface area contributed by atoms with Gasteiger partial charge in [0.25, 0.3) is 5.91 Å². The predicted octanol–water partition coefficient (Wildman–Crippen LogP) is 2.27. The Kier molecular flexibility index (Phi) is 4.58. The van der Waals surface area contributed by atoms with E-state index in [-0.39, 0.29) is 11.9 Å². The van der Waals surface area contributed by atoms with Crippen molar-refractivity contribution in [1.82, 2.24) is 19.9 Å². The van der Waals surface area contributed by atoms with Crippen LogP contribution in [-0.4, -0.2) is 51.9 Å². The van der Waals surface area contributed by atoms with E-state index in [9.17, 15) is 4.79 Å². The van der Waals surface area contributed by atoms with Crippen molar-refractivity contribution in [3.8, 4) is 0 Å². The van der Waals surface area contributed by atoms with Gasteiger partial charge in [-0.15, -0.1) is 0 Å². The first-order valence-corrected chi connectivity index (χ1v) is 9.11. The maximum atomic E-state index is 13.2. The Morgan fingerprint density at radius 1 is 1.07 bits per heavy atom. The predicted molar refractivity (Wildman–Crippen MR) is 106 cm³/mol. The zero-order valence-electron chi connectivity index (χ0n) is 15.3. The molecule has 7 heteroatoms. The van der Waals surface area contributed by atoms with E-state index in [4.69, 9.17) is 5.73 Å². The average Bonchev–Trinajstić information content (AvgIpc) is 2.92. The highest BCUT2D eigenvalue weighted by Crippen LogP contribution is 2.20. The van der Waals surface area contributed by atoms with Gasteiger partial charge in [0.2, 0.25) is 5.95 Å². The Morgan fingerprint density at radius 2 is 1.96 bits per heavy atom. The molecule has 4 rings (SSSR count). The first-order valence-electron chi connectivity index (χ1n) is 9.11. The van der Waals surface area contributed by atoms with Crippen LogP contribution in [0, 0.1) is 6.92 Å². The SMILES string of the molecule is Cc1cc(N2CCCN(C(=O)c3cccc4ncccc34)CC2)nc(N)n1. The Morgan fingerprint density at radius 3 is 2.81 bits per heavy atom. The molecule has 7 nitrogen and oxygen atoms in total. The molecule has 2 N–H and O–H groups in total. The lowest BCUT2D eigenvalue weighted by atomic mass is 10.1. The third kappa shape index (κ3) is 3.53. The van der Waals surface area contributed by atoms with Gasteiger partial charge in [-0.3, -0.25) is 9.78 Å². The van der Waals surface area contributed by atoms with Crippen LogP contribution in [0.5, 0.6) is 0 Å². The summed E-state index contributed by atoms with van der Waals surface area (Å²) in [6.45, 7) is 4.80. The fourth-order valence-electron chi connectivity index (χ4n) is 3.55. The second-order valence-electron chi connectivity index (χ2n) is 6.73. The minimum Gasteiger partial charge on any atom is -0.368 e. The van der Waals surface area contributed by atoms with E-state index in [1.807, 2.05) is 48.2 Å². The number of aromatic nitrogens is 3. The van der Waals surface area contributed by atoms with Crippen LogP contribution in [0.25, 0.3) is 10.9 Å². The molecule has 0 atom stereocenters. The molecule has 1 saturated heterocycles. The van der Waals surface area contributed by atoms with E-state index in [2.05, 4.69) is 19.9 Å². The lowest BCUT2D eigenvalue weighted by Gasteiger charge is -2.23. The number of pyridine rings is 1. The number of hydrogen-bond acceptors (Lipinski definition) is 6. The van der Waals surface area contributed by atoms with Gasteiger partial charge in [-0.05, 0) is 31.5 Å². The molecular formula is C20H22N6O. The minimum absolute atomic E-state index is 0.0498. The van der Waals surface area contributed by atoms with Crippen molar-refractivity contribution in [2.24, 2.45) is 0 Å². The van der Waals surface area contributed by atoms with Crippen molar-refractivity contribution in [2.45, 2.75) is 13.3 Å². The van der Waals surface area contributed by atoms with Crippen LogP contribution < -0.4 is 10.6 Å². The average molecular weight is 362 g/mol. The second-order valence-corrected chi connectivity index (χ2v) is 6.73. The van der Waals surface area contributed by atoms with Crippen molar-refractivity contribution in [2.75, 3.05) is 36.8 Å². The largest absolute Gasteiger partial charge is 0.368 e. The number of aryl methyl sites for hydroxylation is 1. The summed E-state index contributed by atoms with van der Waals surface area (Å²) in [5.74, 6) is 1.16. The fourth-order valence-corrected chi connectivity index (χ4v) is 3.55. The van der Waals surface area contributed by atoms with Crippen LogP contribution in [0.4, 0.5) is 11.8 Å². The molecule has 1 aliphatic rings. The van der Waals surface area contributed by atoms with Gasteiger partial charge in [-0.1, -0.05) is 12.1 Å². The van der Waals surface area contributed by atoms with Crippen LogP contribution in [0.1, 0.15) is 22.5 Å². The van der Waals surface area contributed by atoms with Gasteiger partial charge in [-0.2, -0.15) is 4.98 Å². The van der Waals surface area contributed by atoms with E-state index in [0.717, 1.165) is 35.4 Å². The molecule has 0 bridgehead atoms. The first kappa shape index (κ1) is 17.2. The van der Waals surface area contributed by atoms with Crippen LogP contribution in [-0.2, 0) is 0 Å². The second kappa shape index (κ2) is 7.19. The third-order valence-electron chi connectivity index (χ3n) is 4.84. The number of hydrogen-bond donors (Lipinski definition) is 1. The van der Waals surface area contributed by atoms with Crippen molar-refractivity contribution in [1.29, 1.82) is 0 Å². The van der Waals surface area contributed by atoms with Gasteiger partial charge in [0.15, 0.2) is 0 Å². The normalized spacial score (nSPS) is 15.0. The van der Waals surface area contributed by atoms with Gasteiger partial charge in [-0.25, -0.2) is 4.98 Å². The molecule has 0 radical (unpaired) electrons. The number of carbonyl (C=O) groups excluding carboxylic acids is 1. The summed E-state index contributed by atoms with van der Waals surface area (Å²) in [6, 6.07) is 11.4. The molecule has 1 fully saturated rings. The Labute approximate surface area is 157 Å². The van der Waals surface area contributed by atoms with E-state index in [1.54, 1.807) is 6.20 Å². The summed E-state index contributed by atoms with van der Waals surface area (Å²) in [5.41, 5.74) is 8.18. The Bertz CT molecular complexity index is 964. The molecule has 0 unspecified atom stereocenters. The molecule has 138 valence electrons. The highest BCUT2D eigenvalue weighted by atomic mass is 16.2. The monoisotopic (exact) mass is 362 g/mol. The number of anilines is 2. The van der Waals surface area contributed by atoms with Gasteiger partial charge in [0.05, 0.1) is 5.52 Å². The molecule has 0 spiro atoms. The van der Waals surface area contributed by atoms with E-state index in [1.165, 1.54) is 0 Å². The highest BCUT2D eigenvalue weighted by molar-refractivity contribution is 6.06. The lowest BCUT2D eigenvalue weighted by molar-refractivity contribution is 0.0769. The molecule has 1 aliphatic heterocycles. The van der Waals surface area contributed by atoms with Crippen molar-refractivity contribution in [3.63, 3.8) is 0 Å². The number of amides is 1. The van der Waals surface area contributed by atoms with Gasteiger partial charge >= 0.3 is 0 Å². The van der Waals surface area contributed by atoms with Gasteiger partial charge in [0, 0.05) is 55.1 Å². The number of rotatable bonds is 2. The van der Waals surface area contributed by atoms with E-state index < -0.39 is 0 Å². The first-order chi connectivity index (χ1) is 13.1. The zero-order chi connectivity index (χ0) is 18.8. The summed E-state index contributed by atoms with van der Waals surface area (Å²) >= 11 is 0. The zero-order valence-corrected chi connectivity index (χ0v) is 15.3. The maximum Gasteiger partial charge on any atom is 0.254 e. The molecule has 2 aromatic heterocycles. The quantitative estimate of drug-likeness (QED) is 0.752. The molecular weight excluding hydrogens is 340 g/mol. The van der Waals surface area contributed by atoms with Crippen LogP contribution in [0.2, 0.25) is 0 Å². The Balaban J connectivity index is 1.55. The number of nitrogens with zero attached hydrogens (tertiary/aromatic N) is 5. The summed E-state index contributed by atoms with van der Waals surface area (Å²) in [4.78, 5) is 30.1. The molecule has 0 saturated carbocycles. The molecule has 3 aromatic rings. The number of carbonyl (C=O) groups is 1. The smallest absolute Gasteiger partial charge is 0.254 e. The minimum atomic E-state index is 0.0498. The summed E-state index contributed by atoms with van der Waals surface area (Å²) in [6.07, 6.45) is 2.62. The van der Waals surface area contributed by atoms with Gasteiger partial charge < -0.3 is 15.5 Å². The fraction of sp³-hybridized carbons (Fsp3) is 0.300. The number of nitrogen functional groups attached to an aromatic ring is 1. The summed E-state index contributed by atoms with van der Waals surface area (Å²) in [5, 5.41) is 0.894. The molecule has 1 amide bonds. The van der Waals surface area contributed by atoms with Crippen molar-refractivity contribution >= 4 is 28.6 Å². The topological polar surface area (TPSA) is 88.2 Å². The number of nitrogens with two attached hydrogens (primary N) is 1. The standard InChI is InChI=1S/C20H22N6O/c1-14-13-18(24-20(21)23-14)25-9-4-10-26(12-11-25)19(27)16-5-2-7-17-15(16)6-3-8-22-17/h2-3,5-8,13H,4,9-12H2,1H3,(H2,21,23,24). The third-order valence-corrected chi connectivity index (χ3v) is 4.84. The lowest BCUT2D eigenvalue weighted by Crippen LogP contribution is -2.35. The van der Waals surface area contributed by atoms with Crippen LogP contribution in [0.15, 0.2) is 42.6 Å². The van der Waals surface area contributed by atoms with Crippen molar-refractivity contribution < 1.29 is 4.79 Å². The molecule has 0 aliphatic carbocycles. The number of benzene rings is 1.